The first kappa shape index (κ1) is 22.8. The molecule has 7 nitrogen and oxygen atoms in total. The number of aryl methyl sites for hydroxylation is 1. The summed E-state index contributed by atoms with van der Waals surface area (Å²) < 4.78 is 17.7. The number of amides is 1. The second-order valence-corrected chi connectivity index (χ2v) is 7.64. The molecule has 0 aliphatic carbocycles. The Morgan fingerprint density at radius 1 is 1.03 bits per heavy atom. The van der Waals surface area contributed by atoms with Crippen LogP contribution in [0.3, 0.4) is 0 Å². The van der Waals surface area contributed by atoms with Crippen LogP contribution in [0.1, 0.15) is 17.0 Å². The average molecular weight is 464 g/mol. The van der Waals surface area contributed by atoms with Gasteiger partial charge in [0.05, 0.1) is 44.2 Å². The van der Waals surface area contributed by atoms with Crippen molar-refractivity contribution in [2.75, 3.05) is 26.6 Å². The fourth-order valence-electron chi connectivity index (χ4n) is 3.34. The van der Waals surface area contributed by atoms with Gasteiger partial charge in [-0.25, -0.2) is 4.68 Å². The predicted molar refractivity (Wildman–Crippen MR) is 121 cm³/mol. The second kappa shape index (κ2) is 9.49. The van der Waals surface area contributed by atoms with Gasteiger partial charge in [-0.15, -0.1) is 0 Å². The summed E-state index contributed by atoms with van der Waals surface area (Å²) in [6.45, 7) is 3.75. The third-order valence-electron chi connectivity index (χ3n) is 4.86. The van der Waals surface area contributed by atoms with E-state index in [4.69, 9.17) is 37.4 Å². The Morgan fingerprint density at radius 2 is 1.68 bits per heavy atom. The summed E-state index contributed by atoms with van der Waals surface area (Å²) in [5.74, 6) is 1.16. The van der Waals surface area contributed by atoms with E-state index in [2.05, 4.69) is 10.4 Å². The van der Waals surface area contributed by atoms with Crippen molar-refractivity contribution in [3.8, 4) is 22.9 Å². The molecular formula is C22H23Cl2N3O4. The Bertz CT molecular complexity index is 1100. The fraction of sp³-hybridized carbons (Fsp3) is 0.273. The van der Waals surface area contributed by atoms with Crippen molar-refractivity contribution in [3.05, 3.63) is 57.3 Å². The summed E-state index contributed by atoms with van der Waals surface area (Å²) in [6.07, 6.45) is 0.138. The molecule has 2 aromatic carbocycles. The van der Waals surface area contributed by atoms with E-state index in [0.29, 0.717) is 38.7 Å². The highest BCUT2D eigenvalue weighted by Crippen LogP contribution is 2.40. The normalized spacial score (nSPS) is 10.7. The molecule has 3 rings (SSSR count). The van der Waals surface area contributed by atoms with E-state index >= 15 is 0 Å². The lowest BCUT2D eigenvalue weighted by Crippen LogP contribution is -2.15. The molecule has 9 heteroatoms. The minimum absolute atomic E-state index is 0.138. The molecule has 0 fully saturated rings. The lowest BCUT2D eigenvalue weighted by atomic mass is 10.1. The molecule has 0 spiro atoms. The number of nitrogens with zero attached hydrogens (tertiary/aromatic N) is 2. The van der Waals surface area contributed by atoms with Gasteiger partial charge in [-0.3, -0.25) is 4.79 Å². The van der Waals surface area contributed by atoms with Crippen LogP contribution >= 0.6 is 23.2 Å². The van der Waals surface area contributed by atoms with Gasteiger partial charge in [0, 0.05) is 34.1 Å². The molecule has 0 saturated carbocycles. The van der Waals surface area contributed by atoms with Gasteiger partial charge in [-0.05, 0) is 32.0 Å². The number of nitrogens with one attached hydrogen (secondary N) is 1. The van der Waals surface area contributed by atoms with Crippen LogP contribution in [0.5, 0.6) is 17.2 Å². The molecule has 0 aliphatic rings. The van der Waals surface area contributed by atoms with Gasteiger partial charge >= 0.3 is 0 Å². The van der Waals surface area contributed by atoms with Crippen LogP contribution < -0.4 is 19.5 Å². The topological polar surface area (TPSA) is 74.6 Å². The summed E-state index contributed by atoms with van der Waals surface area (Å²) in [7, 11) is 4.56. The smallest absolute Gasteiger partial charge is 0.228 e. The first-order chi connectivity index (χ1) is 14.8. The molecule has 31 heavy (non-hydrogen) atoms. The van der Waals surface area contributed by atoms with E-state index in [9.17, 15) is 4.79 Å². The van der Waals surface area contributed by atoms with Crippen LogP contribution in [0.15, 0.2) is 30.3 Å². The first-order valence-corrected chi connectivity index (χ1v) is 10.1. The lowest BCUT2D eigenvalue weighted by Gasteiger charge is -2.14. The third kappa shape index (κ3) is 4.73. The molecule has 1 aromatic heterocycles. The Labute approximate surface area is 190 Å². The average Bonchev–Trinajstić information content (AvgIpc) is 3.00. The van der Waals surface area contributed by atoms with Crippen LogP contribution in [-0.2, 0) is 11.2 Å². The number of benzene rings is 2. The van der Waals surface area contributed by atoms with E-state index in [1.165, 1.54) is 21.3 Å². The summed E-state index contributed by atoms with van der Waals surface area (Å²) in [4.78, 5) is 12.8. The van der Waals surface area contributed by atoms with E-state index < -0.39 is 0 Å². The molecule has 0 atom stereocenters. The maximum Gasteiger partial charge on any atom is 0.228 e. The van der Waals surface area contributed by atoms with Crippen molar-refractivity contribution < 1.29 is 19.0 Å². The Hall–Kier alpha value is -2.90. The summed E-state index contributed by atoms with van der Waals surface area (Å²) in [6, 6.07) is 8.55. The van der Waals surface area contributed by atoms with Crippen LogP contribution in [0.2, 0.25) is 10.0 Å². The highest BCUT2D eigenvalue weighted by Gasteiger charge is 2.19. The maximum atomic E-state index is 12.8. The zero-order chi connectivity index (χ0) is 22.7. The van der Waals surface area contributed by atoms with Gasteiger partial charge in [0.2, 0.25) is 11.7 Å². The number of aromatic nitrogens is 2. The Morgan fingerprint density at radius 3 is 2.23 bits per heavy atom. The Balaban J connectivity index is 1.86. The molecule has 0 aliphatic heterocycles. The molecule has 1 N–H and O–H groups in total. The Kier molecular flexibility index (Phi) is 6.97. The van der Waals surface area contributed by atoms with E-state index in [1.807, 2.05) is 13.8 Å². The van der Waals surface area contributed by atoms with Gasteiger partial charge in [0.15, 0.2) is 11.5 Å². The highest BCUT2D eigenvalue weighted by atomic mass is 35.5. The van der Waals surface area contributed by atoms with E-state index in [1.54, 1.807) is 35.0 Å². The van der Waals surface area contributed by atoms with Crippen molar-refractivity contribution in [1.82, 2.24) is 9.78 Å². The molecular weight excluding hydrogens is 441 g/mol. The zero-order valence-corrected chi connectivity index (χ0v) is 19.4. The fourth-order valence-corrected chi connectivity index (χ4v) is 3.83. The molecule has 0 saturated heterocycles. The summed E-state index contributed by atoms with van der Waals surface area (Å²) in [5, 5.41) is 8.46. The molecule has 0 unspecified atom stereocenters. The van der Waals surface area contributed by atoms with Crippen LogP contribution in [0, 0.1) is 13.8 Å². The minimum atomic E-state index is -0.206. The lowest BCUT2D eigenvalue weighted by molar-refractivity contribution is -0.115. The largest absolute Gasteiger partial charge is 0.493 e. The summed E-state index contributed by atoms with van der Waals surface area (Å²) >= 11 is 12.3. The van der Waals surface area contributed by atoms with Gasteiger partial charge in [0.1, 0.15) is 0 Å². The predicted octanol–water partition coefficient (Wildman–Crippen LogP) is 5.00. The number of carbonyl (C=O) groups excluding carboxylic acids is 1. The van der Waals surface area contributed by atoms with Crippen molar-refractivity contribution in [3.63, 3.8) is 0 Å². The number of hydrogen-bond donors (Lipinski definition) is 1. The number of rotatable bonds is 7. The van der Waals surface area contributed by atoms with Crippen molar-refractivity contribution in [2.45, 2.75) is 20.3 Å². The van der Waals surface area contributed by atoms with E-state index in [0.717, 1.165) is 17.0 Å². The van der Waals surface area contributed by atoms with Crippen LogP contribution in [0.25, 0.3) is 5.69 Å². The van der Waals surface area contributed by atoms with Gasteiger partial charge in [-0.1, -0.05) is 23.2 Å². The third-order valence-corrected chi connectivity index (χ3v) is 5.40. The second-order valence-electron chi connectivity index (χ2n) is 6.80. The number of anilines is 1. The zero-order valence-electron chi connectivity index (χ0n) is 17.9. The molecule has 1 heterocycles. The van der Waals surface area contributed by atoms with E-state index in [-0.39, 0.29) is 12.3 Å². The van der Waals surface area contributed by atoms with Gasteiger partial charge < -0.3 is 19.5 Å². The highest BCUT2D eigenvalue weighted by molar-refractivity contribution is 6.35. The van der Waals surface area contributed by atoms with Crippen LogP contribution in [-0.4, -0.2) is 37.0 Å². The number of hydrogen-bond acceptors (Lipinski definition) is 5. The first-order valence-electron chi connectivity index (χ1n) is 9.39. The molecule has 0 bridgehead atoms. The monoisotopic (exact) mass is 463 g/mol. The number of carbonyl (C=O) groups is 1. The van der Waals surface area contributed by atoms with Crippen molar-refractivity contribution in [2.24, 2.45) is 0 Å². The maximum absolute atomic E-state index is 12.8. The standard InChI is InChI=1S/C22H23Cl2N3O4/c1-12-16(13(2)27(26-12)18-7-6-14(23)8-17(18)24)11-21(28)25-15-9-19(29-3)22(31-5)20(10-15)30-4/h6-10H,11H2,1-5H3,(H,25,28). The van der Waals surface area contributed by atoms with Crippen molar-refractivity contribution in [1.29, 1.82) is 0 Å². The van der Waals surface area contributed by atoms with Crippen molar-refractivity contribution >= 4 is 34.8 Å². The quantitative estimate of drug-likeness (QED) is 0.533. The summed E-state index contributed by atoms with van der Waals surface area (Å²) in [5.41, 5.74) is 3.60. The SMILES string of the molecule is COc1cc(NC(=O)Cc2c(C)nn(-c3ccc(Cl)cc3Cl)c2C)cc(OC)c1OC. The van der Waals surface area contributed by atoms with Gasteiger partial charge in [-0.2, -0.15) is 5.10 Å². The molecule has 1 amide bonds. The number of halogens is 2. The van der Waals surface area contributed by atoms with Crippen LogP contribution in [0.4, 0.5) is 5.69 Å². The minimum Gasteiger partial charge on any atom is -0.493 e. The van der Waals surface area contributed by atoms with Gasteiger partial charge in [0.25, 0.3) is 0 Å². The molecule has 164 valence electrons. The number of methoxy groups -OCH3 is 3. The molecule has 3 aromatic rings. The molecule has 0 radical (unpaired) electrons. The number of ether oxygens (including phenoxy) is 3.